The first-order valence-electron chi connectivity index (χ1n) is 5.47. The van der Waals surface area contributed by atoms with Crippen molar-refractivity contribution in [3.8, 4) is 0 Å². The predicted octanol–water partition coefficient (Wildman–Crippen LogP) is 1.21. The Morgan fingerprint density at radius 2 is 2.31 bits per heavy atom. The molecule has 0 aromatic carbocycles. The lowest BCUT2D eigenvalue weighted by molar-refractivity contribution is -0.132. The van der Waals surface area contributed by atoms with E-state index in [1.807, 2.05) is 27.7 Å². The molecule has 1 aliphatic heterocycles. The van der Waals surface area contributed by atoms with E-state index in [9.17, 15) is 4.79 Å². The maximum absolute atomic E-state index is 12.1. The van der Waals surface area contributed by atoms with Crippen LogP contribution in [0, 0.1) is 6.92 Å². The fraction of sp³-hybridized carbons (Fsp3) is 0.636. The van der Waals surface area contributed by atoms with Crippen molar-refractivity contribution < 1.29 is 9.32 Å². The number of nitrogens with one attached hydrogen (secondary N) is 1. The number of aromatic nitrogens is 1. The van der Waals surface area contributed by atoms with Crippen molar-refractivity contribution in [2.75, 3.05) is 6.54 Å². The van der Waals surface area contributed by atoms with Crippen LogP contribution in [0.25, 0.3) is 0 Å². The Morgan fingerprint density at radius 1 is 1.62 bits per heavy atom. The molecule has 1 fully saturated rings. The third-order valence-corrected chi connectivity index (χ3v) is 3.03. The summed E-state index contributed by atoms with van der Waals surface area (Å²) in [5.41, 5.74) is 1.23. The quantitative estimate of drug-likeness (QED) is 0.818. The number of aryl methyl sites for hydroxylation is 1. The van der Waals surface area contributed by atoms with Crippen LogP contribution in [-0.4, -0.2) is 28.0 Å². The zero-order valence-corrected chi connectivity index (χ0v) is 10.1. The average Bonchev–Trinajstić information content (AvgIpc) is 2.71. The van der Waals surface area contributed by atoms with Crippen LogP contribution in [0.3, 0.4) is 0 Å². The highest BCUT2D eigenvalue weighted by molar-refractivity contribution is 5.88. The molecule has 2 heterocycles. The van der Waals surface area contributed by atoms with Crippen LogP contribution in [0.4, 0.5) is 0 Å². The maximum Gasteiger partial charge on any atom is 0.243 e. The average molecular weight is 223 g/mol. The first kappa shape index (κ1) is 11.1. The topological polar surface area (TPSA) is 58.4 Å². The smallest absolute Gasteiger partial charge is 0.243 e. The molecule has 1 N–H and O–H groups in total. The van der Waals surface area contributed by atoms with E-state index < -0.39 is 5.54 Å². The standard InChI is InChI=1S/C11H17N3O2/c1-5-14-9(8-6-16-13-7(8)2)12-11(3,4)10(14)15/h6,9,12H,5H2,1-4H3/t9-/m0/s1. The fourth-order valence-electron chi connectivity index (χ4n) is 2.09. The van der Waals surface area contributed by atoms with Crippen LogP contribution >= 0.6 is 0 Å². The van der Waals surface area contributed by atoms with Gasteiger partial charge in [-0.15, -0.1) is 0 Å². The maximum atomic E-state index is 12.1. The number of hydrogen-bond donors (Lipinski definition) is 1. The molecular formula is C11H17N3O2. The lowest BCUT2D eigenvalue weighted by Gasteiger charge is -2.21. The molecule has 1 atom stereocenters. The molecule has 1 aromatic heterocycles. The van der Waals surface area contributed by atoms with Gasteiger partial charge in [0.25, 0.3) is 0 Å². The molecule has 0 bridgehead atoms. The van der Waals surface area contributed by atoms with Crippen molar-refractivity contribution in [2.45, 2.75) is 39.4 Å². The molecule has 0 saturated carbocycles. The summed E-state index contributed by atoms with van der Waals surface area (Å²) in [6, 6.07) is 0. The third kappa shape index (κ3) is 1.51. The summed E-state index contributed by atoms with van der Waals surface area (Å²) in [5, 5.41) is 7.15. The number of carbonyl (C=O) groups is 1. The lowest BCUT2D eigenvalue weighted by atomic mass is 10.1. The van der Waals surface area contributed by atoms with Crippen LogP contribution in [-0.2, 0) is 4.79 Å². The molecule has 0 unspecified atom stereocenters. The van der Waals surface area contributed by atoms with E-state index in [0.717, 1.165) is 11.3 Å². The first-order valence-corrected chi connectivity index (χ1v) is 5.47. The predicted molar refractivity (Wildman–Crippen MR) is 58.6 cm³/mol. The molecule has 1 saturated heterocycles. The minimum absolute atomic E-state index is 0.112. The summed E-state index contributed by atoms with van der Waals surface area (Å²) in [6.07, 6.45) is 1.48. The van der Waals surface area contributed by atoms with Gasteiger partial charge in [0.05, 0.1) is 16.8 Å². The minimum atomic E-state index is -0.523. The largest absolute Gasteiger partial charge is 0.364 e. The SMILES string of the molecule is CCN1C(=O)C(C)(C)N[C@@H]1c1conc1C. The van der Waals surface area contributed by atoms with Crippen molar-refractivity contribution in [3.63, 3.8) is 0 Å². The summed E-state index contributed by atoms with van der Waals surface area (Å²) in [5.74, 6) is 0.112. The van der Waals surface area contributed by atoms with E-state index in [4.69, 9.17) is 4.52 Å². The second-order valence-corrected chi connectivity index (χ2v) is 4.62. The van der Waals surface area contributed by atoms with E-state index in [1.54, 1.807) is 11.2 Å². The molecule has 1 aromatic rings. The Bertz CT molecular complexity index is 411. The number of rotatable bonds is 2. The van der Waals surface area contributed by atoms with Crippen molar-refractivity contribution >= 4 is 5.91 Å². The zero-order valence-electron chi connectivity index (χ0n) is 10.1. The van der Waals surface area contributed by atoms with Crippen LogP contribution in [0.5, 0.6) is 0 Å². The number of amides is 1. The highest BCUT2D eigenvalue weighted by Crippen LogP contribution is 2.31. The van der Waals surface area contributed by atoms with Gasteiger partial charge in [0.15, 0.2) is 0 Å². The number of nitrogens with zero attached hydrogens (tertiary/aromatic N) is 2. The van der Waals surface area contributed by atoms with E-state index in [-0.39, 0.29) is 12.1 Å². The molecule has 1 aliphatic rings. The summed E-state index contributed by atoms with van der Waals surface area (Å²) in [6.45, 7) is 8.30. The van der Waals surface area contributed by atoms with E-state index in [0.29, 0.717) is 6.54 Å². The molecule has 0 radical (unpaired) electrons. The number of likely N-dealkylation sites (N-methyl/N-ethyl adjacent to an activating group) is 1. The molecule has 0 spiro atoms. The van der Waals surface area contributed by atoms with Crippen LogP contribution in [0.1, 0.15) is 38.2 Å². The Morgan fingerprint density at radius 3 is 2.81 bits per heavy atom. The molecule has 16 heavy (non-hydrogen) atoms. The highest BCUT2D eigenvalue weighted by atomic mass is 16.5. The fourth-order valence-corrected chi connectivity index (χ4v) is 2.09. The molecule has 5 nitrogen and oxygen atoms in total. The molecular weight excluding hydrogens is 206 g/mol. The highest BCUT2D eigenvalue weighted by Gasteiger charge is 2.45. The second-order valence-electron chi connectivity index (χ2n) is 4.62. The van der Waals surface area contributed by atoms with Gasteiger partial charge in [-0.05, 0) is 27.7 Å². The molecule has 88 valence electrons. The zero-order chi connectivity index (χ0) is 11.9. The van der Waals surface area contributed by atoms with Crippen molar-refractivity contribution in [2.24, 2.45) is 0 Å². The molecule has 2 rings (SSSR count). The Hall–Kier alpha value is -1.36. The van der Waals surface area contributed by atoms with Gasteiger partial charge in [-0.25, -0.2) is 0 Å². The molecule has 1 amide bonds. The van der Waals surface area contributed by atoms with Gasteiger partial charge < -0.3 is 9.42 Å². The van der Waals surface area contributed by atoms with Gasteiger partial charge >= 0.3 is 0 Å². The third-order valence-electron chi connectivity index (χ3n) is 3.03. The van der Waals surface area contributed by atoms with Gasteiger partial charge in [-0.1, -0.05) is 5.16 Å². The summed E-state index contributed by atoms with van der Waals surface area (Å²) in [7, 11) is 0. The lowest BCUT2D eigenvalue weighted by Crippen LogP contribution is -2.40. The van der Waals surface area contributed by atoms with Gasteiger partial charge in [-0.3, -0.25) is 10.1 Å². The Balaban J connectivity index is 2.36. The Labute approximate surface area is 94.8 Å². The normalized spacial score (nSPS) is 24.1. The van der Waals surface area contributed by atoms with Crippen LogP contribution in [0.15, 0.2) is 10.8 Å². The van der Waals surface area contributed by atoms with E-state index in [2.05, 4.69) is 10.5 Å². The van der Waals surface area contributed by atoms with Gasteiger partial charge in [-0.2, -0.15) is 0 Å². The van der Waals surface area contributed by atoms with Gasteiger partial charge in [0, 0.05) is 6.54 Å². The van der Waals surface area contributed by atoms with Crippen molar-refractivity contribution in [1.29, 1.82) is 0 Å². The van der Waals surface area contributed by atoms with Crippen LogP contribution < -0.4 is 5.32 Å². The van der Waals surface area contributed by atoms with Crippen molar-refractivity contribution in [1.82, 2.24) is 15.4 Å². The number of hydrogen-bond acceptors (Lipinski definition) is 4. The Kier molecular flexibility index (Phi) is 2.50. The molecule has 5 heteroatoms. The van der Waals surface area contributed by atoms with Gasteiger partial charge in [0.1, 0.15) is 12.4 Å². The van der Waals surface area contributed by atoms with E-state index >= 15 is 0 Å². The first-order chi connectivity index (χ1) is 7.47. The summed E-state index contributed by atoms with van der Waals surface area (Å²) in [4.78, 5) is 13.9. The van der Waals surface area contributed by atoms with Gasteiger partial charge in [0.2, 0.25) is 5.91 Å². The van der Waals surface area contributed by atoms with E-state index in [1.165, 1.54) is 0 Å². The van der Waals surface area contributed by atoms with Crippen LogP contribution in [0.2, 0.25) is 0 Å². The second kappa shape index (κ2) is 3.59. The number of carbonyl (C=O) groups excluding carboxylic acids is 1. The van der Waals surface area contributed by atoms with Crippen molar-refractivity contribution in [3.05, 3.63) is 17.5 Å². The minimum Gasteiger partial charge on any atom is -0.364 e. The summed E-state index contributed by atoms with van der Waals surface area (Å²) >= 11 is 0. The monoisotopic (exact) mass is 223 g/mol. The summed E-state index contributed by atoms with van der Waals surface area (Å²) < 4.78 is 4.93. The molecule has 0 aliphatic carbocycles.